The Kier molecular flexibility index (Phi) is 8.27. The van der Waals surface area contributed by atoms with Gasteiger partial charge in [0.05, 0.1) is 17.7 Å². The van der Waals surface area contributed by atoms with E-state index in [0.717, 1.165) is 36.8 Å². The van der Waals surface area contributed by atoms with Gasteiger partial charge in [-0.1, -0.05) is 67.1 Å². The quantitative estimate of drug-likeness (QED) is 0.632. The van der Waals surface area contributed by atoms with Crippen LogP contribution in [0.2, 0.25) is 0 Å². The molecule has 168 valence electrons. The van der Waals surface area contributed by atoms with E-state index < -0.39 is 10.0 Å². The van der Waals surface area contributed by atoms with E-state index in [2.05, 4.69) is 24.4 Å². The molecule has 0 radical (unpaired) electrons. The number of nitrogens with zero attached hydrogens (tertiary/aromatic N) is 1. The molecule has 0 saturated carbocycles. The second kappa shape index (κ2) is 10.9. The molecular formula is C25H34N2O3S. The lowest BCUT2D eigenvalue weighted by Crippen LogP contribution is -2.46. The highest BCUT2D eigenvalue weighted by Crippen LogP contribution is 2.23. The molecule has 1 aliphatic rings. The van der Waals surface area contributed by atoms with Gasteiger partial charge < -0.3 is 5.32 Å². The number of nitrogens with one attached hydrogen (secondary N) is 1. The van der Waals surface area contributed by atoms with Crippen LogP contribution in [0.3, 0.4) is 0 Å². The molecule has 0 spiro atoms. The molecule has 0 aromatic heterocycles. The van der Waals surface area contributed by atoms with Crippen LogP contribution in [0.4, 0.5) is 0 Å². The van der Waals surface area contributed by atoms with Gasteiger partial charge in [0.15, 0.2) is 0 Å². The van der Waals surface area contributed by atoms with Crippen LogP contribution in [0.25, 0.3) is 0 Å². The molecule has 0 bridgehead atoms. The summed E-state index contributed by atoms with van der Waals surface area (Å²) < 4.78 is 27.3. The first-order valence-electron chi connectivity index (χ1n) is 11.3. The summed E-state index contributed by atoms with van der Waals surface area (Å²) in [4.78, 5) is 12.9. The summed E-state index contributed by atoms with van der Waals surface area (Å²) in [5.74, 6) is -0.217. The van der Waals surface area contributed by atoms with Gasteiger partial charge in [0.2, 0.25) is 15.9 Å². The second-order valence-electron chi connectivity index (χ2n) is 8.48. The summed E-state index contributed by atoms with van der Waals surface area (Å²) in [6.45, 7) is 4.88. The number of aryl methyl sites for hydroxylation is 2. The lowest BCUT2D eigenvalue weighted by molar-refractivity contribution is -0.126. The van der Waals surface area contributed by atoms with Crippen LogP contribution in [-0.4, -0.2) is 37.5 Å². The van der Waals surface area contributed by atoms with E-state index >= 15 is 0 Å². The molecule has 3 rings (SSSR count). The first-order valence-corrected chi connectivity index (χ1v) is 12.9. The molecule has 1 aliphatic heterocycles. The summed E-state index contributed by atoms with van der Waals surface area (Å²) in [5.41, 5.74) is 3.42. The zero-order valence-corrected chi connectivity index (χ0v) is 19.4. The molecule has 1 saturated heterocycles. The Bertz CT molecular complexity index is 942. The first-order chi connectivity index (χ1) is 14.9. The van der Waals surface area contributed by atoms with E-state index in [4.69, 9.17) is 0 Å². The maximum absolute atomic E-state index is 12.9. The van der Waals surface area contributed by atoms with Crippen molar-refractivity contribution in [1.82, 2.24) is 9.62 Å². The number of hydrogen-bond acceptors (Lipinski definition) is 3. The van der Waals surface area contributed by atoms with Gasteiger partial charge in [0.25, 0.3) is 0 Å². The Morgan fingerprint density at radius 2 is 1.84 bits per heavy atom. The highest BCUT2D eigenvalue weighted by molar-refractivity contribution is 7.89. The van der Waals surface area contributed by atoms with E-state index in [9.17, 15) is 13.2 Å². The molecule has 2 atom stereocenters. The van der Waals surface area contributed by atoms with Crippen molar-refractivity contribution in [2.45, 2.75) is 52.0 Å². The van der Waals surface area contributed by atoms with E-state index in [1.807, 2.05) is 49.4 Å². The third-order valence-electron chi connectivity index (χ3n) is 6.06. The smallest absolute Gasteiger partial charge is 0.224 e. The van der Waals surface area contributed by atoms with Crippen LogP contribution in [0.5, 0.6) is 0 Å². The van der Waals surface area contributed by atoms with Gasteiger partial charge in [-0.25, -0.2) is 12.7 Å². The Balaban J connectivity index is 1.55. The summed E-state index contributed by atoms with van der Waals surface area (Å²) in [7, 11) is -3.36. The minimum atomic E-state index is -3.36. The molecule has 1 amide bonds. The van der Waals surface area contributed by atoms with Crippen molar-refractivity contribution >= 4 is 15.9 Å². The Hall–Kier alpha value is -2.18. The standard InChI is InChI=1S/C25H34N2O3S/c1-3-24(22-15-13-20(2)14-16-22)26-25(28)23-12-7-17-27(19-23)31(29,30)18-8-11-21-9-5-4-6-10-21/h4-6,9-10,13-16,23-24H,3,7-8,11-12,17-19H2,1-2H3,(H,26,28)/t23-,24+/m1/s1. The summed E-state index contributed by atoms with van der Waals surface area (Å²) >= 11 is 0. The molecule has 31 heavy (non-hydrogen) atoms. The Labute approximate surface area is 186 Å². The predicted molar refractivity (Wildman–Crippen MR) is 125 cm³/mol. The average molecular weight is 443 g/mol. The lowest BCUT2D eigenvalue weighted by Gasteiger charge is -2.32. The molecule has 2 aromatic carbocycles. The van der Waals surface area contributed by atoms with Gasteiger partial charge in [0, 0.05) is 13.1 Å². The maximum Gasteiger partial charge on any atom is 0.224 e. The number of piperidine rings is 1. The van der Waals surface area contributed by atoms with Gasteiger partial charge in [-0.3, -0.25) is 4.79 Å². The molecule has 1 N–H and O–H groups in total. The number of amides is 1. The van der Waals surface area contributed by atoms with Gasteiger partial charge >= 0.3 is 0 Å². The SMILES string of the molecule is CC[C@H](NC(=O)[C@@H]1CCCN(S(=O)(=O)CCCc2ccccc2)C1)c1ccc(C)cc1. The monoisotopic (exact) mass is 442 g/mol. The van der Waals surface area contributed by atoms with E-state index in [-0.39, 0.29) is 30.2 Å². The fraction of sp³-hybridized carbons (Fsp3) is 0.480. The van der Waals surface area contributed by atoms with Crippen molar-refractivity contribution in [3.8, 4) is 0 Å². The number of hydrogen-bond donors (Lipinski definition) is 1. The molecule has 0 unspecified atom stereocenters. The normalized spacial score (nSPS) is 18.5. The van der Waals surface area contributed by atoms with Crippen LogP contribution in [-0.2, 0) is 21.2 Å². The van der Waals surface area contributed by atoms with Crippen molar-refractivity contribution < 1.29 is 13.2 Å². The minimum Gasteiger partial charge on any atom is -0.349 e. The Morgan fingerprint density at radius 1 is 1.13 bits per heavy atom. The van der Waals surface area contributed by atoms with E-state index in [1.54, 1.807) is 0 Å². The van der Waals surface area contributed by atoms with Gasteiger partial charge in [0.1, 0.15) is 0 Å². The second-order valence-corrected chi connectivity index (χ2v) is 10.6. The summed E-state index contributed by atoms with van der Waals surface area (Å²) in [6, 6.07) is 18.1. The molecule has 6 heteroatoms. The lowest BCUT2D eigenvalue weighted by atomic mass is 9.97. The van der Waals surface area contributed by atoms with Crippen molar-refractivity contribution in [3.63, 3.8) is 0 Å². The topological polar surface area (TPSA) is 66.5 Å². The van der Waals surface area contributed by atoms with Crippen molar-refractivity contribution in [2.24, 2.45) is 5.92 Å². The number of benzene rings is 2. The molecule has 2 aromatic rings. The largest absolute Gasteiger partial charge is 0.349 e. The van der Waals surface area contributed by atoms with Crippen LogP contribution in [0.1, 0.15) is 55.3 Å². The van der Waals surface area contributed by atoms with E-state index in [0.29, 0.717) is 13.0 Å². The van der Waals surface area contributed by atoms with Crippen LogP contribution < -0.4 is 5.32 Å². The van der Waals surface area contributed by atoms with Gasteiger partial charge in [-0.05, 0) is 50.2 Å². The van der Waals surface area contributed by atoms with E-state index in [1.165, 1.54) is 9.87 Å². The fourth-order valence-corrected chi connectivity index (χ4v) is 5.73. The number of carbonyl (C=O) groups is 1. The predicted octanol–water partition coefficient (Wildman–Crippen LogP) is 4.24. The van der Waals surface area contributed by atoms with Gasteiger partial charge in [-0.15, -0.1) is 0 Å². The van der Waals surface area contributed by atoms with Crippen molar-refractivity contribution in [2.75, 3.05) is 18.8 Å². The summed E-state index contributed by atoms with van der Waals surface area (Å²) in [6.07, 6.45) is 3.57. The highest BCUT2D eigenvalue weighted by atomic mass is 32.2. The van der Waals surface area contributed by atoms with Crippen LogP contribution in [0, 0.1) is 12.8 Å². The van der Waals surface area contributed by atoms with Gasteiger partial charge in [-0.2, -0.15) is 0 Å². The molecule has 1 heterocycles. The number of rotatable bonds is 9. The van der Waals surface area contributed by atoms with Crippen LogP contribution in [0.15, 0.2) is 54.6 Å². The maximum atomic E-state index is 12.9. The zero-order chi connectivity index (χ0) is 22.3. The summed E-state index contributed by atoms with van der Waals surface area (Å²) in [5, 5.41) is 3.15. The third-order valence-corrected chi connectivity index (χ3v) is 7.99. The molecular weight excluding hydrogens is 408 g/mol. The fourth-order valence-electron chi connectivity index (χ4n) is 4.15. The molecule has 5 nitrogen and oxygen atoms in total. The van der Waals surface area contributed by atoms with Crippen molar-refractivity contribution in [1.29, 1.82) is 0 Å². The Morgan fingerprint density at radius 3 is 2.52 bits per heavy atom. The van der Waals surface area contributed by atoms with Crippen molar-refractivity contribution in [3.05, 3.63) is 71.3 Å². The average Bonchev–Trinajstić information content (AvgIpc) is 2.78. The highest BCUT2D eigenvalue weighted by Gasteiger charge is 2.32. The zero-order valence-electron chi connectivity index (χ0n) is 18.6. The van der Waals surface area contributed by atoms with Crippen LogP contribution >= 0.6 is 0 Å². The number of sulfonamides is 1. The third kappa shape index (κ3) is 6.65. The minimum absolute atomic E-state index is 0.0448. The first kappa shape index (κ1) is 23.5. The number of carbonyl (C=O) groups excluding carboxylic acids is 1. The molecule has 0 aliphatic carbocycles. The molecule has 1 fully saturated rings.